The molecular formula is C13H23N3OS. The van der Waals surface area contributed by atoms with Gasteiger partial charge >= 0.3 is 0 Å². The van der Waals surface area contributed by atoms with Crippen molar-refractivity contribution >= 4 is 17.2 Å². The minimum Gasteiger partial charge on any atom is -0.355 e. The van der Waals surface area contributed by atoms with Crippen LogP contribution in [-0.2, 0) is 11.2 Å². The Balaban J connectivity index is 2.11. The molecule has 3 N–H and O–H groups in total. The topological polar surface area (TPSA) is 68.0 Å². The zero-order chi connectivity index (χ0) is 13.4. The van der Waals surface area contributed by atoms with Crippen LogP contribution in [0, 0.1) is 5.92 Å². The maximum absolute atomic E-state index is 11.8. The van der Waals surface area contributed by atoms with Crippen molar-refractivity contribution in [2.24, 2.45) is 11.7 Å². The lowest BCUT2D eigenvalue weighted by molar-refractivity contribution is -0.124. The zero-order valence-electron chi connectivity index (χ0n) is 11.2. The van der Waals surface area contributed by atoms with E-state index >= 15 is 0 Å². The summed E-state index contributed by atoms with van der Waals surface area (Å²) < 4.78 is 0. The Bertz CT molecular complexity index is 338. The van der Waals surface area contributed by atoms with E-state index in [1.54, 1.807) is 11.3 Å². The first kappa shape index (κ1) is 15.1. The maximum Gasteiger partial charge on any atom is 0.222 e. The Hall–Kier alpha value is -0.940. The summed E-state index contributed by atoms with van der Waals surface area (Å²) in [6.07, 6.45) is 3.71. The number of thiazole rings is 1. The minimum absolute atomic E-state index is 0.0687. The van der Waals surface area contributed by atoms with Gasteiger partial charge in [0.1, 0.15) is 0 Å². The van der Waals surface area contributed by atoms with Crippen LogP contribution in [0.1, 0.15) is 38.8 Å². The molecule has 1 amide bonds. The van der Waals surface area contributed by atoms with Crippen LogP contribution in [0.5, 0.6) is 0 Å². The fraction of sp³-hybridized carbons (Fsp3) is 0.692. The highest BCUT2D eigenvalue weighted by Gasteiger charge is 2.12. The van der Waals surface area contributed by atoms with E-state index in [4.69, 9.17) is 5.73 Å². The molecular weight excluding hydrogens is 246 g/mol. The van der Waals surface area contributed by atoms with Gasteiger partial charge < -0.3 is 11.1 Å². The normalized spacial score (nSPS) is 14.2. The summed E-state index contributed by atoms with van der Waals surface area (Å²) >= 11 is 1.58. The summed E-state index contributed by atoms with van der Waals surface area (Å²) in [6, 6.07) is 0.227. The molecule has 0 aliphatic rings. The van der Waals surface area contributed by atoms with Crippen molar-refractivity contribution in [2.45, 2.75) is 45.6 Å². The van der Waals surface area contributed by atoms with Crippen LogP contribution in [0.4, 0.5) is 0 Å². The molecule has 2 unspecified atom stereocenters. The zero-order valence-corrected chi connectivity index (χ0v) is 12.0. The fourth-order valence-electron chi connectivity index (χ4n) is 1.73. The molecule has 0 saturated carbocycles. The van der Waals surface area contributed by atoms with E-state index in [9.17, 15) is 4.79 Å². The van der Waals surface area contributed by atoms with Crippen LogP contribution in [0.15, 0.2) is 10.9 Å². The van der Waals surface area contributed by atoms with Crippen LogP contribution in [-0.4, -0.2) is 23.5 Å². The number of carbonyl (C=O) groups is 1. The lowest BCUT2D eigenvalue weighted by atomic mass is 10.0. The van der Waals surface area contributed by atoms with Gasteiger partial charge in [0.25, 0.3) is 0 Å². The number of hydrogen-bond acceptors (Lipinski definition) is 4. The van der Waals surface area contributed by atoms with Gasteiger partial charge in [-0.3, -0.25) is 4.79 Å². The third-order valence-electron chi connectivity index (χ3n) is 2.91. The SMILES string of the molecule is CC(N)CCCC(C)C(=O)NCCc1cscn1. The van der Waals surface area contributed by atoms with E-state index in [1.165, 1.54) is 0 Å². The Morgan fingerprint density at radius 1 is 1.50 bits per heavy atom. The first-order valence-corrected chi connectivity index (χ1v) is 7.44. The maximum atomic E-state index is 11.8. The average Bonchev–Trinajstić information content (AvgIpc) is 2.81. The standard InChI is InChI=1S/C13H23N3OS/c1-10(4-3-5-11(2)14)13(17)15-7-6-12-8-18-9-16-12/h8-11H,3-7,14H2,1-2H3,(H,15,17). The summed E-state index contributed by atoms with van der Waals surface area (Å²) in [5.41, 5.74) is 8.54. The molecule has 0 spiro atoms. The molecule has 0 aromatic carbocycles. The Morgan fingerprint density at radius 2 is 2.28 bits per heavy atom. The van der Waals surface area contributed by atoms with Crippen LogP contribution in [0.3, 0.4) is 0 Å². The fourth-order valence-corrected chi connectivity index (χ4v) is 2.32. The average molecular weight is 269 g/mol. The van der Waals surface area contributed by atoms with Gasteiger partial charge in [-0.15, -0.1) is 11.3 Å². The highest BCUT2D eigenvalue weighted by atomic mass is 32.1. The Morgan fingerprint density at radius 3 is 2.89 bits per heavy atom. The van der Waals surface area contributed by atoms with Gasteiger partial charge in [-0.2, -0.15) is 0 Å². The van der Waals surface area contributed by atoms with Gasteiger partial charge in [0.15, 0.2) is 0 Å². The Labute approximate surface area is 113 Å². The molecule has 2 atom stereocenters. The van der Waals surface area contributed by atoms with Crippen molar-refractivity contribution in [1.82, 2.24) is 10.3 Å². The van der Waals surface area contributed by atoms with Crippen LogP contribution in [0.25, 0.3) is 0 Å². The lowest BCUT2D eigenvalue weighted by Gasteiger charge is -2.12. The smallest absolute Gasteiger partial charge is 0.222 e. The van der Waals surface area contributed by atoms with Gasteiger partial charge in [-0.25, -0.2) is 4.98 Å². The third kappa shape index (κ3) is 6.12. The van der Waals surface area contributed by atoms with Gasteiger partial charge in [-0.1, -0.05) is 13.3 Å². The molecule has 4 nitrogen and oxygen atoms in total. The van der Waals surface area contributed by atoms with Crippen LogP contribution < -0.4 is 11.1 Å². The summed E-state index contributed by atoms with van der Waals surface area (Å²) in [7, 11) is 0. The van der Waals surface area contributed by atoms with Crippen molar-refractivity contribution < 1.29 is 4.79 Å². The molecule has 1 heterocycles. The van der Waals surface area contributed by atoms with Gasteiger partial charge in [0.2, 0.25) is 5.91 Å². The molecule has 102 valence electrons. The molecule has 1 rings (SSSR count). The summed E-state index contributed by atoms with van der Waals surface area (Å²) in [4.78, 5) is 16.0. The molecule has 0 aliphatic carbocycles. The van der Waals surface area contributed by atoms with E-state index in [0.717, 1.165) is 31.4 Å². The predicted molar refractivity (Wildman–Crippen MR) is 75.5 cm³/mol. The number of amides is 1. The quantitative estimate of drug-likeness (QED) is 0.758. The van der Waals surface area contributed by atoms with Crippen LogP contribution in [0.2, 0.25) is 0 Å². The van der Waals surface area contributed by atoms with Gasteiger partial charge in [0, 0.05) is 30.3 Å². The number of rotatable bonds is 8. The number of hydrogen-bond donors (Lipinski definition) is 2. The van der Waals surface area contributed by atoms with Gasteiger partial charge in [0.05, 0.1) is 11.2 Å². The van der Waals surface area contributed by atoms with Crippen molar-refractivity contribution in [3.05, 3.63) is 16.6 Å². The number of nitrogens with zero attached hydrogens (tertiary/aromatic N) is 1. The molecule has 0 fully saturated rings. The second kappa shape index (κ2) is 8.21. The predicted octanol–water partition coefficient (Wildman–Crippen LogP) is 1.96. The van der Waals surface area contributed by atoms with E-state index in [2.05, 4.69) is 10.3 Å². The van der Waals surface area contributed by atoms with Crippen molar-refractivity contribution in [2.75, 3.05) is 6.54 Å². The molecule has 1 aromatic rings. The van der Waals surface area contributed by atoms with Crippen molar-refractivity contribution in [3.8, 4) is 0 Å². The molecule has 0 aliphatic heterocycles. The molecule has 0 saturated heterocycles. The summed E-state index contributed by atoms with van der Waals surface area (Å²) in [5, 5.41) is 4.97. The van der Waals surface area contributed by atoms with Crippen molar-refractivity contribution in [3.63, 3.8) is 0 Å². The first-order valence-electron chi connectivity index (χ1n) is 6.50. The molecule has 5 heteroatoms. The highest BCUT2D eigenvalue weighted by Crippen LogP contribution is 2.09. The first-order chi connectivity index (χ1) is 8.59. The largest absolute Gasteiger partial charge is 0.355 e. The minimum atomic E-state index is 0.0687. The molecule has 18 heavy (non-hydrogen) atoms. The van der Waals surface area contributed by atoms with Crippen molar-refractivity contribution in [1.29, 1.82) is 0 Å². The van der Waals surface area contributed by atoms with E-state index in [-0.39, 0.29) is 17.9 Å². The second-order valence-corrected chi connectivity index (χ2v) is 5.55. The number of nitrogens with one attached hydrogen (secondary N) is 1. The molecule has 1 aromatic heterocycles. The molecule has 0 radical (unpaired) electrons. The monoisotopic (exact) mass is 269 g/mol. The third-order valence-corrected chi connectivity index (χ3v) is 3.54. The Kier molecular flexibility index (Phi) is 6.90. The summed E-state index contributed by atoms with van der Waals surface area (Å²) in [5.74, 6) is 0.203. The number of nitrogens with two attached hydrogens (primary N) is 1. The number of aromatic nitrogens is 1. The summed E-state index contributed by atoms with van der Waals surface area (Å²) in [6.45, 7) is 4.64. The van der Waals surface area contributed by atoms with E-state index < -0.39 is 0 Å². The van der Waals surface area contributed by atoms with Gasteiger partial charge in [-0.05, 0) is 19.8 Å². The molecule has 0 bridgehead atoms. The lowest BCUT2D eigenvalue weighted by Crippen LogP contribution is -2.31. The van der Waals surface area contributed by atoms with E-state index in [0.29, 0.717) is 6.54 Å². The van der Waals surface area contributed by atoms with E-state index in [1.807, 2.05) is 24.7 Å². The van der Waals surface area contributed by atoms with Crippen LogP contribution >= 0.6 is 11.3 Å². The highest BCUT2D eigenvalue weighted by molar-refractivity contribution is 7.07. The number of carbonyl (C=O) groups excluding carboxylic acids is 1. The second-order valence-electron chi connectivity index (χ2n) is 4.83.